The Morgan fingerprint density at radius 1 is 0.727 bits per heavy atom. The molecule has 0 N–H and O–H groups in total. The van der Waals surface area contributed by atoms with E-state index in [2.05, 4.69) is 0 Å². The Labute approximate surface area is 129 Å². The predicted molar refractivity (Wildman–Crippen MR) is 83.9 cm³/mol. The zero-order valence-electron chi connectivity index (χ0n) is 12.7. The second kappa shape index (κ2) is 7.41. The molecule has 0 heterocycles. The highest BCUT2D eigenvalue weighted by atomic mass is 16.5. The average molecular weight is 298 g/mol. The van der Waals surface area contributed by atoms with Gasteiger partial charge < -0.3 is 9.47 Å². The molecule has 22 heavy (non-hydrogen) atoms. The summed E-state index contributed by atoms with van der Waals surface area (Å²) in [5, 5.41) is 0. The van der Waals surface area contributed by atoms with Crippen LogP contribution in [0, 0.1) is 0 Å². The van der Waals surface area contributed by atoms with Crippen molar-refractivity contribution in [2.24, 2.45) is 0 Å². The lowest BCUT2D eigenvalue weighted by Gasteiger charge is -2.12. The summed E-state index contributed by atoms with van der Waals surface area (Å²) in [5.74, 6) is 0.994. The van der Waals surface area contributed by atoms with E-state index in [0.29, 0.717) is 22.6 Å². The summed E-state index contributed by atoms with van der Waals surface area (Å²) in [6, 6.07) is 14.2. The Balaban J connectivity index is 1.93. The molecule has 0 atom stereocenters. The quantitative estimate of drug-likeness (QED) is 0.579. The highest BCUT2D eigenvalue weighted by Crippen LogP contribution is 2.20. The fourth-order valence-corrected chi connectivity index (χ4v) is 2.07. The molecule has 0 spiro atoms. The summed E-state index contributed by atoms with van der Waals surface area (Å²) >= 11 is 0. The van der Waals surface area contributed by atoms with Gasteiger partial charge in [0, 0.05) is 0 Å². The van der Waals surface area contributed by atoms with Crippen LogP contribution < -0.4 is 9.47 Å². The van der Waals surface area contributed by atoms with Crippen molar-refractivity contribution in [3.63, 3.8) is 0 Å². The van der Waals surface area contributed by atoms with Crippen LogP contribution in [0.25, 0.3) is 0 Å². The van der Waals surface area contributed by atoms with Crippen LogP contribution in [-0.2, 0) is 0 Å². The zero-order valence-corrected chi connectivity index (χ0v) is 12.7. The lowest BCUT2D eigenvalue weighted by Crippen LogP contribution is -2.12. The van der Waals surface area contributed by atoms with Crippen LogP contribution in [0.15, 0.2) is 48.5 Å². The normalized spacial score (nSPS) is 10.1. The minimum Gasteiger partial charge on any atom is -0.489 e. The summed E-state index contributed by atoms with van der Waals surface area (Å²) in [6.07, 6.45) is 0. The van der Waals surface area contributed by atoms with Crippen LogP contribution >= 0.6 is 0 Å². The maximum atomic E-state index is 11.5. The van der Waals surface area contributed by atoms with E-state index < -0.39 is 0 Å². The number of carbonyl (C=O) groups is 2. The lowest BCUT2D eigenvalue weighted by atomic mass is 10.1. The van der Waals surface area contributed by atoms with E-state index in [4.69, 9.17) is 9.47 Å². The van der Waals surface area contributed by atoms with Crippen molar-refractivity contribution in [3.05, 3.63) is 59.7 Å². The first kappa shape index (κ1) is 15.8. The number of benzene rings is 2. The fraction of sp³-hybridized carbons (Fsp3) is 0.222. The van der Waals surface area contributed by atoms with Gasteiger partial charge in [0.2, 0.25) is 0 Å². The van der Waals surface area contributed by atoms with E-state index in [1.165, 1.54) is 13.8 Å². The van der Waals surface area contributed by atoms with E-state index in [0.717, 1.165) is 0 Å². The van der Waals surface area contributed by atoms with Crippen LogP contribution in [0.1, 0.15) is 34.6 Å². The van der Waals surface area contributed by atoms with Gasteiger partial charge in [-0.15, -0.1) is 0 Å². The van der Waals surface area contributed by atoms with Gasteiger partial charge in [0.1, 0.15) is 24.7 Å². The minimum atomic E-state index is -0.0431. The number of ketones is 2. The van der Waals surface area contributed by atoms with Gasteiger partial charge in [0.15, 0.2) is 11.6 Å². The second-order valence-corrected chi connectivity index (χ2v) is 4.80. The molecule has 0 bridgehead atoms. The number of rotatable bonds is 7. The number of carbonyl (C=O) groups excluding carboxylic acids is 2. The van der Waals surface area contributed by atoms with Gasteiger partial charge in [-0.25, -0.2) is 0 Å². The molecule has 0 unspecified atom stereocenters. The molecule has 0 amide bonds. The van der Waals surface area contributed by atoms with Crippen LogP contribution in [0.5, 0.6) is 11.5 Å². The summed E-state index contributed by atoms with van der Waals surface area (Å²) in [6.45, 7) is 3.58. The van der Waals surface area contributed by atoms with Crippen molar-refractivity contribution in [3.8, 4) is 11.5 Å². The summed E-state index contributed by atoms with van der Waals surface area (Å²) in [7, 11) is 0. The molecule has 2 rings (SSSR count). The van der Waals surface area contributed by atoms with Crippen molar-refractivity contribution in [1.82, 2.24) is 0 Å². The van der Waals surface area contributed by atoms with Gasteiger partial charge in [-0.2, -0.15) is 0 Å². The predicted octanol–water partition coefficient (Wildman–Crippen LogP) is 3.55. The zero-order chi connectivity index (χ0) is 15.9. The second-order valence-electron chi connectivity index (χ2n) is 4.80. The molecular weight excluding hydrogens is 280 g/mol. The fourth-order valence-electron chi connectivity index (χ4n) is 2.07. The molecule has 2 aromatic carbocycles. The molecule has 0 saturated heterocycles. The Hall–Kier alpha value is -2.62. The Bertz CT molecular complexity index is 617. The molecule has 0 aliphatic rings. The number of hydrogen-bond donors (Lipinski definition) is 0. The monoisotopic (exact) mass is 298 g/mol. The Kier molecular flexibility index (Phi) is 5.31. The van der Waals surface area contributed by atoms with Gasteiger partial charge in [-0.05, 0) is 38.1 Å². The van der Waals surface area contributed by atoms with Gasteiger partial charge in [-0.1, -0.05) is 24.3 Å². The van der Waals surface area contributed by atoms with E-state index in [9.17, 15) is 9.59 Å². The Morgan fingerprint density at radius 2 is 1.09 bits per heavy atom. The smallest absolute Gasteiger partial charge is 0.163 e. The van der Waals surface area contributed by atoms with Crippen LogP contribution in [0.2, 0.25) is 0 Å². The van der Waals surface area contributed by atoms with Crippen molar-refractivity contribution >= 4 is 11.6 Å². The Morgan fingerprint density at radius 3 is 1.45 bits per heavy atom. The van der Waals surface area contributed by atoms with Crippen molar-refractivity contribution < 1.29 is 19.1 Å². The first-order chi connectivity index (χ1) is 10.6. The van der Waals surface area contributed by atoms with E-state index in [1.54, 1.807) is 36.4 Å². The third-order valence-corrected chi connectivity index (χ3v) is 3.13. The van der Waals surface area contributed by atoms with E-state index in [1.807, 2.05) is 12.1 Å². The van der Waals surface area contributed by atoms with Crippen LogP contribution in [-0.4, -0.2) is 24.8 Å². The average Bonchev–Trinajstić information content (AvgIpc) is 2.52. The molecule has 0 aromatic heterocycles. The van der Waals surface area contributed by atoms with Gasteiger partial charge in [0.25, 0.3) is 0 Å². The number of hydrogen-bond acceptors (Lipinski definition) is 4. The van der Waals surface area contributed by atoms with Gasteiger partial charge in [0.05, 0.1) is 11.1 Å². The summed E-state index contributed by atoms with van der Waals surface area (Å²) in [5.41, 5.74) is 1.10. The number of para-hydroxylation sites is 2. The molecule has 0 fully saturated rings. The SMILES string of the molecule is CC(=O)c1ccccc1OCCOc1ccccc1C(C)=O. The topological polar surface area (TPSA) is 52.6 Å². The van der Waals surface area contributed by atoms with Gasteiger partial charge >= 0.3 is 0 Å². The highest BCUT2D eigenvalue weighted by Gasteiger charge is 2.09. The highest BCUT2D eigenvalue weighted by molar-refractivity contribution is 5.97. The summed E-state index contributed by atoms with van der Waals surface area (Å²) < 4.78 is 11.2. The number of Topliss-reactive ketones (excluding diaryl/α,β-unsaturated/α-hetero) is 2. The van der Waals surface area contributed by atoms with Gasteiger partial charge in [-0.3, -0.25) is 9.59 Å². The lowest BCUT2D eigenvalue weighted by molar-refractivity contribution is 0.0996. The molecule has 114 valence electrons. The molecular formula is C18H18O4. The third-order valence-electron chi connectivity index (χ3n) is 3.13. The van der Waals surface area contributed by atoms with Crippen molar-refractivity contribution in [1.29, 1.82) is 0 Å². The van der Waals surface area contributed by atoms with Crippen molar-refractivity contribution in [2.75, 3.05) is 13.2 Å². The van der Waals surface area contributed by atoms with Crippen LogP contribution in [0.3, 0.4) is 0 Å². The number of ether oxygens (including phenoxy) is 2. The van der Waals surface area contributed by atoms with Crippen LogP contribution in [0.4, 0.5) is 0 Å². The standard InChI is InChI=1S/C18H18O4/c1-13(19)15-7-3-5-9-17(15)21-11-12-22-18-10-6-4-8-16(18)14(2)20/h3-10H,11-12H2,1-2H3. The minimum absolute atomic E-state index is 0.0431. The van der Waals surface area contributed by atoms with E-state index in [-0.39, 0.29) is 24.8 Å². The largest absolute Gasteiger partial charge is 0.489 e. The molecule has 0 saturated carbocycles. The first-order valence-corrected chi connectivity index (χ1v) is 7.05. The molecule has 0 radical (unpaired) electrons. The molecule has 4 heteroatoms. The summed E-state index contributed by atoms with van der Waals surface area (Å²) in [4.78, 5) is 23.0. The van der Waals surface area contributed by atoms with E-state index >= 15 is 0 Å². The van der Waals surface area contributed by atoms with Crippen molar-refractivity contribution in [2.45, 2.75) is 13.8 Å². The molecule has 0 aliphatic carbocycles. The maximum Gasteiger partial charge on any atom is 0.163 e. The molecule has 4 nitrogen and oxygen atoms in total. The third kappa shape index (κ3) is 3.95. The maximum absolute atomic E-state index is 11.5. The molecule has 0 aliphatic heterocycles. The first-order valence-electron chi connectivity index (χ1n) is 7.05. The molecule has 2 aromatic rings.